The third-order valence-electron chi connectivity index (χ3n) is 1.64. The lowest BCUT2D eigenvalue weighted by Gasteiger charge is -2.08. The van der Waals surface area contributed by atoms with Crippen LogP contribution in [0.5, 0.6) is 5.75 Å². The van der Waals surface area contributed by atoms with E-state index in [-0.39, 0.29) is 0 Å². The smallest absolute Gasteiger partial charge is 0.132 e. The van der Waals surface area contributed by atoms with E-state index in [4.69, 9.17) is 0 Å². The highest BCUT2D eigenvalue weighted by molar-refractivity contribution is 14.1. The van der Waals surface area contributed by atoms with Gasteiger partial charge in [0.15, 0.2) is 0 Å². The van der Waals surface area contributed by atoms with E-state index in [1.165, 1.54) is 0 Å². The first-order chi connectivity index (χ1) is 5.13. The van der Waals surface area contributed by atoms with E-state index < -0.39 is 0 Å². The lowest BCUT2D eigenvalue weighted by Crippen LogP contribution is -1.88. The molecular formula is C9H11IO. The Hall–Kier alpha value is -0.250. The van der Waals surface area contributed by atoms with Crippen molar-refractivity contribution >= 4 is 22.6 Å². The molecule has 0 saturated heterocycles. The molecule has 0 unspecified atom stereocenters. The molecule has 60 valence electrons. The lowest BCUT2D eigenvalue weighted by atomic mass is 10.0. The summed E-state index contributed by atoms with van der Waals surface area (Å²) >= 11 is 2.13. The molecule has 0 amide bonds. The average molecular weight is 262 g/mol. The first-order valence-corrected chi connectivity index (χ1v) is 4.68. The highest BCUT2D eigenvalue weighted by atomic mass is 127. The van der Waals surface area contributed by atoms with E-state index in [0.717, 1.165) is 9.13 Å². The number of hydrogen-bond donors (Lipinski definition) is 1. The second kappa shape index (κ2) is 3.43. The van der Waals surface area contributed by atoms with Crippen molar-refractivity contribution in [2.45, 2.75) is 19.8 Å². The molecule has 1 aromatic carbocycles. The zero-order valence-electron chi connectivity index (χ0n) is 6.63. The van der Waals surface area contributed by atoms with Gasteiger partial charge in [-0.1, -0.05) is 26.0 Å². The molecule has 0 aliphatic carbocycles. The highest BCUT2D eigenvalue weighted by Crippen LogP contribution is 2.29. The van der Waals surface area contributed by atoms with Gasteiger partial charge in [0, 0.05) is 0 Å². The molecule has 0 aliphatic rings. The Bertz CT molecular complexity index is 256. The number of aromatic hydroxyl groups is 1. The normalized spacial score (nSPS) is 10.5. The maximum absolute atomic E-state index is 9.56. The fraction of sp³-hybridized carbons (Fsp3) is 0.333. The summed E-state index contributed by atoms with van der Waals surface area (Å²) in [6.07, 6.45) is 0. The topological polar surface area (TPSA) is 20.2 Å². The number of rotatable bonds is 1. The Labute approximate surface area is 80.6 Å². The summed E-state index contributed by atoms with van der Waals surface area (Å²) in [6, 6.07) is 5.83. The average Bonchev–Trinajstić information content (AvgIpc) is 1.94. The third-order valence-corrected chi connectivity index (χ3v) is 2.51. The molecule has 1 nitrogen and oxygen atoms in total. The minimum absolute atomic E-state index is 0.393. The quantitative estimate of drug-likeness (QED) is 0.771. The summed E-state index contributed by atoms with van der Waals surface area (Å²) in [6.45, 7) is 4.15. The molecule has 0 saturated carbocycles. The van der Waals surface area contributed by atoms with Gasteiger partial charge in [0.1, 0.15) is 5.75 Å². The summed E-state index contributed by atoms with van der Waals surface area (Å²) in [7, 11) is 0. The van der Waals surface area contributed by atoms with Crippen molar-refractivity contribution in [1.29, 1.82) is 0 Å². The molecule has 1 aromatic rings. The van der Waals surface area contributed by atoms with E-state index >= 15 is 0 Å². The Balaban J connectivity index is 3.17. The minimum atomic E-state index is 0.393. The zero-order valence-corrected chi connectivity index (χ0v) is 8.79. The van der Waals surface area contributed by atoms with Gasteiger partial charge in [0.2, 0.25) is 0 Å². The molecule has 0 bridgehead atoms. The number of phenols is 1. The molecule has 0 aromatic heterocycles. The molecule has 2 heteroatoms. The van der Waals surface area contributed by atoms with Crippen LogP contribution in [0.3, 0.4) is 0 Å². The van der Waals surface area contributed by atoms with Gasteiger partial charge in [-0.05, 0) is 40.1 Å². The van der Waals surface area contributed by atoms with E-state index in [1.807, 2.05) is 18.2 Å². The van der Waals surface area contributed by atoms with Gasteiger partial charge in [-0.2, -0.15) is 0 Å². The fourth-order valence-electron chi connectivity index (χ4n) is 0.998. The molecule has 1 N–H and O–H groups in total. The highest BCUT2D eigenvalue weighted by Gasteiger charge is 2.06. The molecule has 0 spiro atoms. The minimum Gasteiger partial charge on any atom is -0.507 e. The summed E-state index contributed by atoms with van der Waals surface area (Å²) < 4.78 is 0.925. The Morgan fingerprint density at radius 3 is 2.45 bits per heavy atom. The second-order valence-corrected chi connectivity index (χ2v) is 3.99. The van der Waals surface area contributed by atoms with Gasteiger partial charge in [-0.15, -0.1) is 0 Å². The maximum Gasteiger partial charge on any atom is 0.132 e. The molecule has 0 heterocycles. The van der Waals surface area contributed by atoms with Crippen LogP contribution in [0.15, 0.2) is 18.2 Å². The molecule has 1 rings (SSSR count). The maximum atomic E-state index is 9.56. The van der Waals surface area contributed by atoms with Crippen molar-refractivity contribution < 1.29 is 5.11 Å². The van der Waals surface area contributed by atoms with E-state index in [2.05, 4.69) is 36.4 Å². The van der Waals surface area contributed by atoms with Crippen LogP contribution < -0.4 is 0 Å². The number of phenolic OH excluding ortho intramolecular Hbond substituents is 1. The number of hydrogen-bond acceptors (Lipinski definition) is 1. The SMILES string of the molecule is CC(C)c1cccc(I)c1O. The fourth-order valence-corrected chi connectivity index (χ4v) is 1.52. The number of para-hydroxylation sites is 1. The van der Waals surface area contributed by atoms with E-state index in [0.29, 0.717) is 11.7 Å². The first kappa shape index (κ1) is 8.84. The van der Waals surface area contributed by atoms with Crippen LogP contribution in [0.4, 0.5) is 0 Å². The first-order valence-electron chi connectivity index (χ1n) is 3.60. The monoisotopic (exact) mass is 262 g/mol. The van der Waals surface area contributed by atoms with Crippen molar-refractivity contribution in [3.8, 4) is 5.75 Å². The predicted octanol–water partition coefficient (Wildman–Crippen LogP) is 3.12. The van der Waals surface area contributed by atoms with Gasteiger partial charge in [0.05, 0.1) is 3.57 Å². The van der Waals surface area contributed by atoms with Crippen molar-refractivity contribution in [3.05, 3.63) is 27.3 Å². The molecular weight excluding hydrogens is 251 g/mol. The summed E-state index contributed by atoms with van der Waals surface area (Å²) in [5.41, 5.74) is 1.02. The molecule has 0 fully saturated rings. The van der Waals surface area contributed by atoms with E-state index in [1.54, 1.807) is 0 Å². The van der Waals surface area contributed by atoms with Gasteiger partial charge in [-0.3, -0.25) is 0 Å². The lowest BCUT2D eigenvalue weighted by molar-refractivity contribution is 0.461. The Morgan fingerprint density at radius 2 is 2.00 bits per heavy atom. The van der Waals surface area contributed by atoms with Crippen molar-refractivity contribution in [1.82, 2.24) is 0 Å². The van der Waals surface area contributed by atoms with Crippen molar-refractivity contribution in [2.75, 3.05) is 0 Å². The van der Waals surface area contributed by atoms with Gasteiger partial charge in [0.25, 0.3) is 0 Å². The van der Waals surface area contributed by atoms with Crippen molar-refractivity contribution in [3.63, 3.8) is 0 Å². The van der Waals surface area contributed by atoms with Crippen LogP contribution in [0.2, 0.25) is 0 Å². The molecule has 0 radical (unpaired) electrons. The van der Waals surface area contributed by atoms with Crippen LogP contribution in [0, 0.1) is 3.57 Å². The molecule has 0 aliphatic heterocycles. The summed E-state index contributed by atoms with van der Waals surface area (Å²) in [5.74, 6) is 0.827. The van der Waals surface area contributed by atoms with Crippen molar-refractivity contribution in [2.24, 2.45) is 0 Å². The van der Waals surface area contributed by atoms with Crippen LogP contribution in [-0.2, 0) is 0 Å². The third kappa shape index (κ3) is 1.86. The molecule has 11 heavy (non-hydrogen) atoms. The summed E-state index contributed by atoms with van der Waals surface area (Å²) in [5, 5.41) is 9.56. The van der Waals surface area contributed by atoms with Gasteiger partial charge < -0.3 is 5.11 Å². The number of halogens is 1. The summed E-state index contributed by atoms with van der Waals surface area (Å²) in [4.78, 5) is 0. The van der Waals surface area contributed by atoms with Crippen LogP contribution >= 0.6 is 22.6 Å². The Kier molecular flexibility index (Phi) is 2.76. The second-order valence-electron chi connectivity index (χ2n) is 2.83. The Morgan fingerprint density at radius 1 is 1.36 bits per heavy atom. The van der Waals surface area contributed by atoms with Crippen LogP contribution in [0.25, 0.3) is 0 Å². The van der Waals surface area contributed by atoms with Gasteiger partial charge in [-0.25, -0.2) is 0 Å². The number of benzene rings is 1. The van der Waals surface area contributed by atoms with Gasteiger partial charge >= 0.3 is 0 Å². The largest absolute Gasteiger partial charge is 0.507 e. The predicted molar refractivity (Wildman–Crippen MR) is 54.9 cm³/mol. The standard InChI is InChI=1S/C9H11IO/c1-6(2)7-4-3-5-8(10)9(7)11/h3-6,11H,1-2H3. The van der Waals surface area contributed by atoms with E-state index in [9.17, 15) is 5.11 Å². The zero-order chi connectivity index (χ0) is 8.43. The van der Waals surface area contributed by atoms with Crippen LogP contribution in [0.1, 0.15) is 25.3 Å². The van der Waals surface area contributed by atoms with Crippen LogP contribution in [-0.4, -0.2) is 5.11 Å². The molecule has 0 atom stereocenters.